The number of rotatable bonds is 5. The first-order valence-corrected chi connectivity index (χ1v) is 12.2. The van der Waals surface area contributed by atoms with Gasteiger partial charge in [0, 0.05) is 13.1 Å². The minimum Gasteiger partial charge on any atom is -0.393 e. The molecular weight excluding hydrogens is 374 g/mol. The van der Waals surface area contributed by atoms with Crippen LogP contribution >= 0.6 is 0 Å². The second-order valence-electron chi connectivity index (χ2n) is 9.04. The van der Waals surface area contributed by atoms with E-state index in [0.29, 0.717) is 36.6 Å². The van der Waals surface area contributed by atoms with E-state index in [4.69, 9.17) is 4.18 Å². The second-order valence-corrected chi connectivity index (χ2v) is 10.6. The molecule has 5 nitrogen and oxygen atoms in total. The van der Waals surface area contributed by atoms with Crippen LogP contribution in [0.4, 0.5) is 0 Å². The molecule has 1 aromatic rings. The molecule has 1 aromatic carbocycles. The molecule has 1 N–H and O–H groups in total. The standard InChI is InChI=1S/C22H33NO4S/c1-4-23(5-2)28(25,26)27-16-7-9-17-15(14-16)6-8-19-18(17)12-13-22(3)20(19)10-11-21(22)24/h7,9,14,18-21,24H,4-6,8,10-13H2,1-3H3/t18-,19-,20+,21+,22+/m1/s1. The molecular formula is C22H33NO4S. The summed E-state index contributed by atoms with van der Waals surface area (Å²) in [6.45, 7) is 6.72. The van der Waals surface area contributed by atoms with Gasteiger partial charge in [0.2, 0.25) is 0 Å². The highest BCUT2D eigenvalue weighted by molar-refractivity contribution is 7.84. The SMILES string of the molecule is CCN(CC)S(=O)(=O)Oc1ccc2c(c1)CC[C@@H]1[C@@H]2CC[C@]2(C)[C@@H](O)CC[C@@H]12. The summed E-state index contributed by atoms with van der Waals surface area (Å²) in [5.41, 5.74) is 2.68. The molecule has 5 atom stereocenters. The molecule has 0 spiro atoms. The fourth-order valence-electron chi connectivity index (χ4n) is 6.30. The molecule has 0 amide bonds. The van der Waals surface area contributed by atoms with Crippen LogP contribution in [0.3, 0.4) is 0 Å². The van der Waals surface area contributed by atoms with Crippen molar-refractivity contribution in [2.45, 2.75) is 71.3 Å². The quantitative estimate of drug-likeness (QED) is 0.805. The molecule has 4 rings (SSSR count). The lowest BCUT2D eigenvalue weighted by Crippen LogP contribution is -2.43. The van der Waals surface area contributed by atoms with Crippen LogP contribution in [0.2, 0.25) is 0 Å². The number of aryl methyl sites for hydroxylation is 1. The van der Waals surface area contributed by atoms with E-state index in [1.54, 1.807) is 0 Å². The minimum absolute atomic E-state index is 0.0829. The Kier molecular flexibility index (Phi) is 5.26. The van der Waals surface area contributed by atoms with Gasteiger partial charge in [-0.25, -0.2) is 0 Å². The zero-order valence-electron chi connectivity index (χ0n) is 17.2. The van der Waals surface area contributed by atoms with E-state index >= 15 is 0 Å². The van der Waals surface area contributed by atoms with Crippen LogP contribution in [0, 0.1) is 17.3 Å². The zero-order chi connectivity index (χ0) is 20.1. The fraction of sp³-hybridized carbons (Fsp3) is 0.727. The van der Waals surface area contributed by atoms with Gasteiger partial charge in [0.15, 0.2) is 0 Å². The number of aliphatic hydroxyl groups is 1. The molecule has 0 aliphatic heterocycles. The van der Waals surface area contributed by atoms with Gasteiger partial charge in [0.05, 0.1) is 6.10 Å². The van der Waals surface area contributed by atoms with Gasteiger partial charge in [-0.1, -0.05) is 26.8 Å². The van der Waals surface area contributed by atoms with Crippen LogP contribution in [-0.2, 0) is 16.7 Å². The highest BCUT2D eigenvalue weighted by atomic mass is 32.2. The molecule has 3 aliphatic rings. The van der Waals surface area contributed by atoms with Crippen LogP contribution in [0.1, 0.15) is 69.9 Å². The normalized spacial score (nSPS) is 34.6. The summed E-state index contributed by atoms with van der Waals surface area (Å²) >= 11 is 0. The molecule has 156 valence electrons. The van der Waals surface area contributed by atoms with Crippen molar-refractivity contribution in [3.8, 4) is 5.75 Å². The van der Waals surface area contributed by atoms with Crippen molar-refractivity contribution in [1.82, 2.24) is 4.31 Å². The molecule has 3 aliphatic carbocycles. The smallest absolute Gasteiger partial charge is 0.385 e. The summed E-state index contributed by atoms with van der Waals surface area (Å²) in [4.78, 5) is 0. The third-order valence-corrected chi connectivity index (χ3v) is 9.42. The van der Waals surface area contributed by atoms with E-state index in [1.807, 2.05) is 26.0 Å². The number of benzene rings is 1. The Morgan fingerprint density at radius 2 is 1.93 bits per heavy atom. The Hall–Kier alpha value is -1.11. The highest BCUT2D eigenvalue weighted by Gasteiger charge is 2.54. The summed E-state index contributed by atoms with van der Waals surface area (Å²) in [6, 6.07) is 5.84. The molecule has 0 radical (unpaired) electrons. The molecule has 0 heterocycles. The van der Waals surface area contributed by atoms with E-state index in [-0.39, 0.29) is 11.5 Å². The van der Waals surface area contributed by atoms with Crippen LogP contribution in [-0.4, -0.2) is 37.0 Å². The summed E-state index contributed by atoms with van der Waals surface area (Å²) in [5, 5.41) is 10.5. The van der Waals surface area contributed by atoms with Gasteiger partial charge in [0.1, 0.15) is 5.75 Å². The molecule has 2 fully saturated rings. The molecule has 0 aromatic heterocycles. The lowest BCUT2D eigenvalue weighted by atomic mass is 9.55. The fourth-order valence-corrected chi connectivity index (χ4v) is 7.38. The molecule has 0 saturated heterocycles. The summed E-state index contributed by atoms with van der Waals surface area (Å²) in [5.74, 6) is 2.18. The van der Waals surface area contributed by atoms with Gasteiger partial charge in [-0.3, -0.25) is 0 Å². The van der Waals surface area contributed by atoms with Gasteiger partial charge >= 0.3 is 10.3 Å². The number of hydrogen-bond acceptors (Lipinski definition) is 4. The summed E-state index contributed by atoms with van der Waals surface area (Å²) < 4.78 is 31.6. The van der Waals surface area contributed by atoms with Gasteiger partial charge in [-0.15, -0.1) is 0 Å². The molecule has 28 heavy (non-hydrogen) atoms. The topological polar surface area (TPSA) is 66.8 Å². The highest BCUT2D eigenvalue weighted by Crippen LogP contribution is 2.60. The summed E-state index contributed by atoms with van der Waals surface area (Å²) in [6.07, 6.45) is 6.19. The first-order valence-electron chi connectivity index (χ1n) is 10.8. The van der Waals surface area contributed by atoms with Crippen molar-refractivity contribution in [3.63, 3.8) is 0 Å². The zero-order valence-corrected chi connectivity index (χ0v) is 18.0. The Labute approximate surface area is 169 Å². The number of fused-ring (bicyclic) bond motifs is 5. The average molecular weight is 408 g/mol. The number of hydrogen-bond donors (Lipinski definition) is 1. The Morgan fingerprint density at radius 3 is 2.64 bits per heavy atom. The van der Waals surface area contributed by atoms with Crippen molar-refractivity contribution < 1.29 is 17.7 Å². The van der Waals surface area contributed by atoms with Crippen LogP contribution in [0.15, 0.2) is 18.2 Å². The molecule has 0 bridgehead atoms. The van der Waals surface area contributed by atoms with E-state index in [9.17, 15) is 13.5 Å². The molecule has 2 saturated carbocycles. The van der Waals surface area contributed by atoms with Crippen molar-refractivity contribution in [2.75, 3.05) is 13.1 Å². The van der Waals surface area contributed by atoms with Crippen LogP contribution in [0.25, 0.3) is 0 Å². The van der Waals surface area contributed by atoms with Crippen molar-refractivity contribution >= 4 is 10.3 Å². The Balaban J connectivity index is 1.57. The van der Waals surface area contributed by atoms with E-state index in [0.717, 1.165) is 38.5 Å². The predicted molar refractivity (Wildman–Crippen MR) is 110 cm³/mol. The van der Waals surface area contributed by atoms with Gasteiger partial charge in [-0.05, 0) is 85.0 Å². The largest absolute Gasteiger partial charge is 0.393 e. The third-order valence-electron chi connectivity index (χ3n) is 7.87. The lowest BCUT2D eigenvalue weighted by Gasteiger charge is -2.50. The Bertz CT molecular complexity index is 835. The first-order chi connectivity index (χ1) is 13.3. The minimum atomic E-state index is -3.75. The van der Waals surface area contributed by atoms with Crippen molar-refractivity contribution in [1.29, 1.82) is 0 Å². The van der Waals surface area contributed by atoms with Crippen LogP contribution in [0.5, 0.6) is 5.75 Å². The molecule has 0 unspecified atom stereocenters. The van der Waals surface area contributed by atoms with Crippen molar-refractivity contribution in [3.05, 3.63) is 29.3 Å². The maximum absolute atomic E-state index is 12.4. The Morgan fingerprint density at radius 1 is 1.18 bits per heavy atom. The van der Waals surface area contributed by atoms with Crippen LogP contribution < -0.4 is 4.18 Å². The number of nitrogens with zero attached hydrogens (tertiary/aromatic N) is 1. The van der Waals surface area contributed by atoms with Crippen molar-refractivity contribution in [2.24, 2.45) is 17.3 Å². The predicted octanol–water partition coefficient (Wildman–Crippen LogP) is 3.87. The maximum atomic E-state index is 12.4. The monoisotopic (exact) mass is 407 g/mol. The van der Waals surface area contributed by atoms with Gasteiger partial charge in [-0.2, -0.15) is 12.7 Å². The van der Waals surface area contributed by atoms with E-state index in [2.05, 4.69) is 13.0 Å². The van der Waals surface area contributed by atoms with Gasteiger partial charge in [0.25, 0.3) is 0 Å². The molecule has 6 heteroatoms. The average Bonchev–Trinajstić information content (AvgIpc) is 2.96. The maximum Gasteiger partial charge on any atom is 0.385 e. The second kappa shape index (κ2) is 7.29. The van der Waals surface area contributed by atoms with Gasteiger partial charge < -0.3 is 9.29 Å². The first kappa shape index (κ1) is 20.2. The van der Waals surface area contributed by atoms with E-state index in [1.165, 1.54) is 15.4 Å². The lowest BCUT2D eigenvalue weighted by molar-refractivity contribution is -0.0226. The third kappa shape index (κ3) is 3.17. The summed E-state index contributed by atoms with van der Waals surface area (Å²) in [7, 11) is -3.75. The number of aliphatic hydroxyl groups excluding tert-OH is 1. The van der Waals surface area contributed by atoms with E-state index < -0.39 is 10.3 Å².